The van der Waals surface area contributed by atoms with Gasteiger partial charge in [-0.2, -0.15) is 4.98 Å². The lowest BCUT2D eigenvalue weighted by molar-refractivity contribution is 0.174. The van der Waals surface area contributed by atoms with Gasteiger partial charge in [-0.1, -0.05) is 5.16 Å². The second-order valence-electron chi connectivity index (χ2n) is 4.48. The molecule has 1 unspecified atom stereocenters. The van der Waals surface area contributed by atoms with Gasteiger partial charge in [0.1, 0.15) is 0 Å². The van der Waals surface area contributed by atoms with Crippen molar-refractivity contribution in [3.63, 3.8) is 0 Å². The summed E-state index contributed by atoms with van der Waals surface area (Å²) in [7, 11) is 1.91. The van der Waals surface area contributed by atoms with Crippen molar-refractivity contribution in [3.8, 4) is 23.0 Å². The van der Waals surface area contributed by atoms with Gasteiger partial charge in [0, 0.05) is 18.0 Å². The fourth-order valence-electron chi connectivity index (χ4n) is 1.86. The smallest absolute Gasteiger partial charge is 0.258 e. The van der Waals surface area contributed by atoms with Crippen LogP contribution in [0.15, 0.2) is 22.7 Å². The number of hydrogen-bond donors (Lipinski definition) is 1. The van der Waals surface area contributed by atoms with Crippen LogP contribution in [0.4, 0.5) is 0 Å². The van der Waals surface area contributed by atoms with Crippen LogP contribution in [-0.2, 0) is 6.42 Å². The third-order valence-corrected chi connectivity index (χ3v) is 3.07. The maximum Gasteiger partial charge on any atom is 0.258 e. The average molecular weight is 298 g/mol. The molecule has 1 atom stereocenters. The van der Waals surface area contributed by atoms with Crippen molar-refractivity contribution >= 4 is 12.4 Å². The molecule has 0 saturated carbocycles. The summed E-state index contributed by atoms with van der Waals surface area (Å²) in [6.07, 6.45) is 0.727. The standard InChI is InChI=1S/C13H15N3O3.ClH/c1-8(14-2)5-12-15-13(19-16-12)9-3-4-10-11(6-9)18-7-17-10;/h3-4,6,8,14H,5,7H2,1-2H3;1H. The number of nitrogens with one attached hydrogen (secondary N) is 1. The van der Waals surface area contributed by atoms with E-state index in [1.807, 2.05) is 25.2 Å². The third kappa shape index (κ3) is 2.86. The lowest BCUT2D eigenvalue weighted by atomic mass is 10.2. The van der Waals surface area contributed by atoms with Gasteiger partial charge in [0.15, 0.2) is 17.3 Å². The van der Waals surface area contributed by atoms with E-state index in [-0.39, 0.29) is 19.2 Å². The van der Waals surface area contributed by atoms with Gasteiger partial charge >= 0.3 is 0 Å². The number of ether oxygens (including phenoxy) is 2. The van der Waals surface area contributed by atoms with Gasteiger partial charge in [-0.15, -0.1) is 12.4 Å². The Bertz CT molecular complexity index is 588. The molecule has 1 N–H and O–H groups in total. The predicted molar refractivity (Wildman–Crippen MR) is 75.3 cm³/mol. The SMILES string of the molecule is CNC(C)Cc1noc(-c2ccc3c(c2)OCO3)n1.Cl. The molecular weight excluding hydrogens is 282 g/mol. The van der Waals surface area contributed by atoms with E-state index in [1.54, 1.807) is 0 Å². The number of fused-ring (bicyclic) bond motifs is 1. The van der Waals surface area contributed by atoms with E-state index in [0.717, 1.165) is 17.7 Å². The molecule has 0 fully saturated rings. The molecule has 0 bridgehead atoms. The zero-order valence-corrected chi connectivity index (χ0v) is 12.1. The molecule has 0 spiro atoms. The summed E-state index contributed by atoms with van der Waals surface area (Å²) in [6, 6.07) is 5.88. The van der Waals surface area contributed by atoms with Gasteiger partial charge < -0.3 is 19.3 Å². The molecular formula is C13H16ClN3O3. The minimum absolute atomic E-state index is 0. The number of hydrogen-bond acceptors (Lipinski definition) is 6. The number of rotatable bonds is 4. The Morgan fingerprint density at radius 1 is 1.30 bits per heavy atom. The molecule has 1 aromatic carbocycles. The molecule has 108 valence electrons. The summed E-state index contributed by atoms with van der Waals surface area (Å²) < 4.78 is 15.9. The number of benzene rings is 1. The Morgan fingerprint density at radius 3 is 2.90 bits per heavy atom. The molecule has 7 heteroatoms. The summed E-state index contributed by atoms with van der Waals surface area (Å²) in [5.74, 6) is 2.64. The first-order valence-corrected chi connectivity index (χ1v) is 6.16. The van der Waals surface area contributed by atoms with Crippen molar-refractivity contribution in [2.24, 2.45) is 0 Å². The fourth-order valence-corrected chi connectivity index (χ4v) is 1.86. The van der Waals surface area contributed by atoms with Crippen LogP contribution in [0.2, 0.25) is 0 Å². The topological polar surface area (TPSA) is 69.4 Å². The van der Waals surface area contributed by atoms with Crippen LogP contribution in [-0.4, -0.2) is 30.0 Å². The Morgan fingerprint density at radius 2 is 2.10 bits per heavy atom. The van der Waals surface area contributed by atoms with Crippen LogP contribution in [0.25, 0.3) is 11.5 Å². The third-order valence-electron chi connectivity index (χ3n) is 3.07. The highest BCUT2D eigenvalue weighted by molar-refractivity contribution is 5.85. The summed E-state index contributed by atoms with van der Waals surface area (Å²) in [6.45, 7) is 2.32. The second-order valence-corrected chi connectivity index (χ2v) is 4.48. The summed E-state index contributed by atoms with van der Waals surface area (Å²) in [5.41, 5.74) is 0.833. The van der Waals surface area contributed by atoms with Crippen LogP contribution < -0.4 is 14.8 Å². The van der Waals surface area contributed by atoms with Gasteiger partial charge in [0.2, 0.25) is 6.79 Å². The van der Waals surface area contributed by atoms with Crippen LogP contribution in [0, 0.1) is 0 Å². The first-order chi connectivity index (χ1) is 9.26. The Balaban J connectivity index is 0.00000147. The summed E-state index contributed by atoms with van der Waals surface area (Å²) in [4.78, 5) is 4.38. The number of aromatic nitrogens is 2. The molecule has 1 aliphatic rings. The molecule has 0 amide bonds. The maximum absolute atomic E-state index is 5.33. The summed E-state index contributed by atoms with van der Waals surface area (Å²) in [5, 5.41) is 7.11. The van der Waals surface area contributed by atoms with E-state index in [1.165, 1.54) is 0 Å². The number of likely N-dealkylation sites (N-methyl/N-ethyl adjacent to an activating group) is 1. The molecule has 2 heterocycles. The molecule has 3 rings (SSSR count). The van der Waals surface area contributed by atoms with E-state index in [0.29, 0.717) is 23.5 Å². The molecule has 0 aliphatic carbocycles. The quantitative estimate of drug-likeness (QED) is 0.931. The highest BCUT2D eigenvalue weighted by Crippen LogP contribution is 2.35. The highest BCUT2D eigenvalue weighted by Gasteiger charge is 2.17. The van der Waals surface area contributed by atoms with E-state index in [4.69, 9.17) is 14.0 Å². The van der Waals surface area contributed by atoms with Crippen LogP contribution in [0.1, 0.15) is 12.7 Å². The number of nitrogens with zero attached hydrogens (tertiary/aromatic N) is 2. The molecule has 6 nitrogen and oxygen atoms in total. The number of halogens is 1. The second kappa shape index (κ2) is 6.11. The van der Waals surface area contributed by atoms with Crippen molar-refractivity contribution in [2.75, 3.05) is 13.8 Å². The first-order valence-electron chi connectivity index (χ1n) is 6.16. The minimum atomic E-state index is 0. The minimum Gasteiger partial charge on any atom is -0.454 e. The molecule has 0 saturated heterocycles. The maximum atomic E-state index is 5.33. The highest BCUT2D eigenvalue weighted by atomic mass is 35.5. The zero-order chi connectivity index (χ0) is 13.2. The van der Waals surface area contributed by atoms with E-state index < -0.39 is 0 Å². The van der Waals surface area contributed by atoms with Gasteiger partial charge in [0.25, 0.3) is 5.89 Å². The normalized spacial score (nSPS) is 13.9. The van der Waals surface area contributed by atoms with Gasteiger partial charge in [-0.25, -0.2) is 0 Å². The van der Waals surface area contributed by atoms with Crippen LogP contribution in [0.5, 0.6) is 11.5 Å². The van der Waals surface area contributed by atoms with E-state index in [9.17, 15) is 0 Å². The Labute approximate surface area is 122 Å². The zero-order valence-electron chi connectivity index (χ0n) is 11.3. The monoisotopic (exact) mass is 297 g/mol. The Kier molecular flexibility index (Phi) is 4.46. The van der Waals surface area contributed by atoms with Crippen LogP contribution >= 0.6 is 12.4 Å². The molecule has 0 radical (unpaired) electrons. The van der Waals surface area contributed by atoms with Gasteiger partial charge in [0.05, 0.1) is 0 Å². The Hall–Kier alpha value is -1.79. The molecule has 1 aromatic heterocycles. The van der Waals surface area contributed by atoms with Crippen molar-refractivity contribution in [1.29, 1.82) is 0 Å². The first kappa shape index (κ1) is 14.6. The van der Waals surface area contributed by atoms with E-state index in [2.05, 4.69) is 22.4 Å². The molecule has 2 aromatic rings. The van der Waals surface area contributed by atoms with Crippen molar-refractivity contribution < 1.29 is 14.0 Å². The lowest BCUT2D eigenvalue weighted by Gasteiger charge is -2.04. The summed E-state index contributed by atoms with van der Waals surface area (Å²) >= 11 is 0. The predicted octanol–water partition coefficient (Wildman–Crippen LogP) is 2.04. The van der Waals surface area contributed by atoms with Gasteiger partial charge in [-0.3, -0.25) is 0 Å². The molecule has 20 heavy (non-hydrogen) atoms. The van der Waals surface area contributed by atoms with Crippen molar-refractivity contribution in [2.45, 2.75) is 19.4 Å². The largest absolute Gasteiger partial charge is 0.454 e. The van der Waals surface area contributed by atoms with Crippen molar-refractivity contribution in [3.05, 3.63) is 24.0 Å². The lowest BCUT2D eigenvalue weighted by Crippen LogP contribution is -2.24. The van der Waals surface area contributed by atoms with Gasteiger partial charge in [-0.05, 0) is 32.2 Å². The van der Waals surface area contributed by atoms with E-state index >= 15 is 0 Å². The average Bonchev–Trinajstić information content (AvgIpc) is 3.05. The van der Waals surface area contributed by atoms with Crippen LogP contribution in [0.3, 0.4) is 0 Å². The van der Waals surface area contributed by atoms with Crippen molar-refractivity contribution in [1.82, 2.24) is 15.5 Å². The fraction of sp³-hybridized carbons (Fsp3) is 0.385. The molecule has 1 aliphatic heterocycles.